The molecule has 1 spiro atoms. The van der Waals surface area contributed by atoms with E-state index in [4.69, 9.17) is 15.2 Å². The van der Waals surface area contributed by atoms with E-state index in [0.29, 0.717) is 0 Å². The highest BCUT2D eigenvalue weighted by Crippen LogP contribution is 2.32. The quantitative estimate of drug-likeness (QED) is 0.847. The lowest BCUT2D eigenvalue weighted by Gasteiger charge is -2.37. The molecule has 0 radical (unpaired) electrons. The summed E-state index contributed by atoms with van der Waals surface area (Å²) in [6, 6.07) is 6.01. The standard InChI is InChI=1S/C14H19BrN2O2/c15-13-9-12(16)2-1-11(13)10-17-5-3-14(4-6-17)18-7-8-19-14/h1-2,9H,3-8,10,16H2. The van der Waals surface area contributed by atoms with E-state index in [1.807, 2.05) is 12.1 Å². The number of ether oxygens (including phenoxy) is 2. The molecule has 0 aromatic heterocycles. The van der Waals surface area contributed by atoms with E-state index >= 15 is 0 Å². The molecule has 1 aromatic carbocycles. The fraction of sp³-hybridized carbons (Fsp3) is 0.571. The van der Waals surface area contributed by atoms with Crippen LogP contribution in [-0.4, -0.2) is 37.0 Å². The van der Waals surface area contributed by atoms with Crippen LogP contribution in [0.1, 0.15) is 18.4 Å². The first kappa shape index (κ1) is 13.4. The molecule has 19 heavy (non-hydrogen) atoms. The van der Waals surface area contributed by atoms with Crippen molar-refractivity contribution in [2.45, 2.75) is 25.2 Å². The molecule has 0 saturated carbocycles. The zero-order valence-electron chi connectivity index (χ0n) is 10.9. The smallest absolute Gasteiger partial charge is 0.170 e. The molecule has 2 fully saturated rings. The van der Waals surface area contributed by atoms with Crippen molar-refractivity contribution in [1.82, 2.24) is 4.90 Å². The van der Waals surface area contributed by atoms with Gasteiger partial charge in [-0.25, -0.2) is 0 Å². The van der Waals surface area contributed by atoms with Gasteiger partial charge in [0.15, 0.2) is 5.79 Å². The van der Waals surface area contributed by atoms with Crippen LogP contribution in [0, 0.1) is 0 Å². The van der Waals surface area contributed by atoms with Crippen molar-refractivity contribution in [3.63, 3.8) is 0 Å². The van der Waals surface area contributed by atoms with Gasteiger partial charge in [-0.05, 0) is 17.7 Å². The number of nitrogens with zero attached hydrogens (tertiary/aromatic N) is 1. The van der Waals surface area contributed by atoms with E-state index in [9.17, 15) is 0 Å². The number of nitrogens with two attached hydrogens (primary N) is 1. The monoisotopic (exact) mass is 326 g/mol. The first-order valence-corrected chi connectivity index (χ1v) is 7.50. The summed E-state index contributed by atoms with van der Waals surface area (Å²) in [5.41, 5.74) is 7.83. The van der Waals surface area contributed by atoms with Crippen LogP contribution < -0.4 is 5.73 Å². The highest BCUT2D eigenvalue weighted by atomic mass is 79.9. The molecule has 0 atom stereocenters. The lowest BCUT2D eigenvalue weighted by molar-refractivity contribution is -0.185. The molecule has 0 aliphatic carbocycles. The Hall–Kier alpha value is -0.620. The summed E-state index contributed by atoms with van der Waals surface area (Å²) in [4.78, 5) is 2.44. The molecule has 1 aromatic rings. The van der Waals surface area contributed by atoms with Gasteiger partial charge < -0.3 is 15.2 Å². The summed E-state index contributed by atoms with van der Waals surface area (Å²) >= 11 is 3.58. The molecule has 2 aliphatic heterocycles. The Balaban J connectivity index is 1.60. The summed E-state index contributed by atoms with van der Waals surface area (Å²) in [7, 11) is 0. The number of likely N-dealkylation sites (tertiary alicyclic amines) is 1. The number of hydrogen-bond acceptors (Lipinski definition) is 4. The largest absolute Gasteiger partial charge is 0.399 e. The van der Waals surface area contributed by atoms with Crippen molar-refractivity contribution in [3.8, 4) is 0 Å². The molecular weight excluding hydrogens is 308 g/mol. The van der Waals surface area contributed by atoms with Gasteiger partial charge in [-0.1, -0.05) is 22.0 Å². The van der Waals surface area contributed by atoms with Crippen LogP contribution in [0.3, 0.4) is 0 Å². The van der Waals surface area contributed by atoms with Gasteiger partial charge in [0.05, 0.1) is 13.2 Å². The molecule has 2 N–H and O–H groups in total. The van der Waals surface area contributed by atoms with E-state index in [2.05, 4.69) is 26.9 Å². The van der Waals surface area contributed by atoms with Crippen molar-refractivity contribution in [1.29, 1.82) is 0 Å². The second kappa shape index (κ2) is 5.40. The van der Waals surface area contributed by atoms with E-state index in [1.165, 1.54) is 5.56 Å². The zero-order chi connectivity index (χ0) is 13.3. The van der Waals surface area contributed by atoms with Gasteiger partial charge in [-0.15, -0.1) is 0 Å². The molecule has 0 amide bonds. The van der Waals surface area contributed by atoms with Crippen molar-refractivity contribution in [2.24, 2.45) is 0 Å². The summed E-state index contributed by atoms with van der Waals surface area (Å²) in [6.07, 6.45) is 1.92. The Morgan fingerprint density at radius 2 is 1.89 bits per heavy atom. The molecule has 2 heterocycles. The predicted molar refractivity (Wildman–Crippen MR) is 77.7 cm³/mol. The highest BCUT2D eigenvalue weighted by molar-refractivity contribution is 9.10. The molecule has 2 saturated heterocycles. The number of hydrogen-bond donors (Lipinski definition) is 1. The first-order valence-electron chi connectivity index (χ1n) is 6.71. The van der Waals surface area contributed by atoms with Gasteiger partial charge in [0.2, 0.25) is 0 Å². The van der Waals surface area contributed by atoms with Gasteiger partial charge in [0.25, 0.3) is 0 Å². The summed E-state index contributed by atoms with van der Waals surface area (Å²) in [5, 5.41) is 0. The van der Waals surface area contributed by atoms with E-state index < -0.39 is 0 Å². The van der Waals surface area contributed by atoms with Crippen molar-refractivity contribution in [3.05, 3.63) is 28.2 Å². The van der Waals surface area contributed by atoms with Crippen molar-refractivity contribution >= 4 is 21.6 Å². The summed E-state index contributed by atoms with van der Waals surface area (Å²) < 4.78 is 12.6. The minimum Gasteiger partial charge on any atom is -0.399 e. The average molecular weight is 327 g/mol. The summed E-state index contributed by atoms with van der Waals surface area (Å²) in [6.45, 7) is 4.44. The van der Waals surface area contributed by atoms with Gasteiger partial charge >= 0.3 is 0 Å². The Morgan fingerprint density at radius 1 is 1.21 bits per heavy atom. The molecule has 104 valence electrons. The van der Waals surface area contributed by atoms with Gasteiger partial charge in [0, 0.05) is 42.6 Å². The van der Waals surface area contributed by atoms with Crippen LogP contribution >= 0.6 is 15.9 Å². The van der Waals surface area contributed by atoms with Gasteiger partial charge in [0.1, 0.15) is 0 Å². The molecular formula is C14H19BrN2O2. The van der Waals surface area contributed by atoms with E-state index in [0.717, 1.165) is 55.8 Å². The SMILES string of the molecule is Nc1ccc(CN2CCC3(CC2)OCCO3)c(Br)c1. The van der Waals surface area contributed by atoms with Crippen molar-refractivity contribution in [2.75, 3.05) is 32.0 Å². The van der Waals surface area contributed by atoms with Crippen molar-refractivity contribution < 1.29 is 9.47 Å². The number of piperidine rings is 1. The topological polar surface area (TPSA) is 47.7 Å². The normalized spacial score (nSPS) is 23.0. The molecule has 0 bridgehead atoms. The number of benzene rings is 1. The van der Waals surface area contributed by atoms with Crippen LogP contribution in [0.4, 0.5) is 5.69 Å². The Kier molecular flexibility index (Phi) is 3.80. The summed E-state index contributed by atoms with van der Waals surface area (Å²) in [5.74, 6) is -0.283. The van der Waals surface area contributed by atoms with Gasteiger partial charge in [-0.2, -0.15) is 0 Å². The Morgan fingerprint density at radius 3 is 2.53 bits per heavy atom. The lowest BCUT2D eigenvalue weighted by Crippen LogP contribution is -2.44. The fourth-order valence-corrected chi connectivity index (χ4v) is 3.29. The Labute approximate surface area is 122 Å². The second-order valence-electron chi connectivity index (χ2n) is 5.23. The molecule has 3 rings (SSSR count). The first-order chi connectivity index (χ1) is 9.17. The third-order valence-corrected chi connectivity index (χ3v) is 4.64. The van der Waals surface area contributed by atoms with Crippen LogP contribution in [0.15, 0.2) is 22.7 Å². The molecule has 5 heteroatoms. The van der Waals surface area contributed by atoms with Gasteiger partial charge in [-0.3, -0.25) is 4.90 Å². The number of nitrogen functional groups attached to an aromatic ring is 1. The maximum Gasteiger partial charge on any atom is 0.170 e. The zero-order valence-corrected chi connectivity index (χ0v) is 12.5. The maximum absolute atomic E-state index is 5.76. The minimum atomic E-state index is -0.283. The molecule has 0 unspecified atom stereocenters. The molecule has 4 nitrogen and oxygen atoms in total. The fourth-order valence-electron chi connectivity index (χ4n) is 2.77. The third-order valence-electron chi connectivity index (χ3n) is 3.90. The van der Waals surface area contributed by atoms with Crippen LogP contribution in [0.2, 0.25) is 0 Å². The average Bonchev–Trinajstić information content (AvgIpc) is 2.84. The Bertz CT molecular complexity index is 451. The van der Waals surface area contributed by atoms with E-state index in [1.54, 1.807) is 0 Å². The second-order valence-corrected chi connectivity index (χ2v) is 6.09. The maximum atomic E-state index is 5.76. The lowest BCUT2D eigenvalue weighted by atomic mass is 10.0. The number of rotatable bonds is 2. The van der Waals surface area contributed by atoms with Crippen LogP contribution in [0.25, 0.3) is 0 Å². The number of anilines is 1. The third kappa shape index (κ3) is 2.94. The van der Waals surface area contributed by atoms with E-state index in [-0.39, 0.29) is 5.79 Å². The predicted octanol–water partition coefficient (Wildman–Crippen LogP) is 2.37. The molecule has 2 aliphatic rings. The highest BCUT2D eigenvalue weighted by Gasteiger charge is 2.39. The van der Waals surface area contributed by atoms with Crippen LogP contribution in [-0.2, 0) is 16.0 Å². The van der Waals surface area contributed by atoms with Crippen LogP contribution in [0.5, 0.6) is 0 Å². The minimum absolute atomic E-state index is 0.283. The number of halogens is 1.